The van der Waals surface area contributed by atoms with Crippen LogP contribution in [0.3, 0.4) is 0 Å². The molecule has 0 saturated heterocycles. The van der Waals surface area contributed by atoms with Crippen LogP contribution in [0, 0.1) is 17.3 Å². The summed E-state index contributed by atoms with van der Waals surface area (Å²) in [7, 11) is 4.31. The highest BCUT2D eigenvalue weighted by Gasteiger charge is 2.52. The van der Waals surface area contributed by atoms with Crippen LogP contribution in [0.1, 0.15) is 48.5 Å². The topological polar surface area (TPSA) is 29.3 Å². The van der Waals surface area contributed by atoms with Gasteiger partial charge in [0.25, 0.3) is 0 Å². The maximum Gasteiger partial charge on any atom is 0.0222 e. The molecule has 2 N–H and O–H groups in total. The number of hydrogen-bond donors (Lipinski definition) is 1. The molecule has 0 aliphatic rings. The molecule has 0 aliphatic heterocycles. The SMILES string of the molecule is CC(C)C(C(C)C)(C(C)N)C(C)(C)N(C)C. The Morgan fingerprint density at radius 1 is 0.875 bits per heavy atom. The minimum atomic E-state index is 0.0868. The van der Waals surface area contributed by atoms with E-state index in [0.717, 1.165) is 0 Å². The largest absolute Gasteiger partial charge is 0.327 e. The monoisotopic (exact) mass is 228 g/mol. The molecule has 0 aromatic rings. The van der Waals surface area contributed by atoms with Gasteiger partial charge in [-0.15, -0.1) is 0 Å². The molecule has 98 valence electrons. The van der Waals surface area contributed by atoms with E-state index in [1.165, 1.54) is 0 Å². The first-order valence-electron chi connectivity index (χ1n) is 6.45. The molecular formula is C14H32N2. The molecule has 2 nitrogen and oxygen atoms in total. The van der Waals surface area contributed by atoms with Crippen molar-refractivity contribution in [2.45, 2.75) is 60.0 Å². The van der Waals surface area contributed by atoms with Crippen LogP contribution in [0.25, 0.3) is 0 Å². The van der Waals surface area contributed by atoms with Crippen molar-refractivity contribution in [3.05, 3.63) is 0 Å². The lowest BCUT2D eigenvalue weighted by Crippen LogP contribution is -2.65. The molecule has 0 heterocycles. The second kappa shape index (κ2) is 5.05. The zero-order valence-electron chi connectivity index (χ0n) is 12.8. The molecule has 0 radical (unpaired) electrons. The first-order chi connectivity index (χ1) is 7.02. The molecule has 0 aromatic carbocycles. The Kier molecular flexibility index (Phi) is 5.03. The lowest BCUT2D eigenvalue weighted by molar-refractivity contribution is -0.0683. The molecule has 0 rings (SSSR count). The molecule has 16 heavy (non-hydrogen) atoms. The van der Waals surface area contributed by atoms with E-state index in [-0.39, 0.29) is 17.0 Å². The van der Waals surface area contributed by atoms with Gasteiger partial charge in [-0.1, -0.05) is 27.7 Å². The number of nitrogens with two attached hydrogens (primary N) is 1. The van der Waals surface area contributed by atoms with Gasteiger partial charge in [0.1, 0.15) is 0 Å². The average molecular weight is 228 g/mol. The fourth-order valence-electron chi connectivity index (χ4n) is 4.08. The van der Waals surface area contributed by atoms with E-state index in [1.807, 2.05) is 0 Å². The van der Waals surface area contributed by atoms with E-state index in [0.29, 0.717) is 11.8 Å². The van der Waals surface area contributed by atoms with Crippen molar-refractivity contribution in [2.24, 2.45) is 23.0 Å². The molecule has 2 heteroatoms. The Morgan fingerprint density at radius 3 is 1.25 bits per heavy atom. The highest BCUT2D eigenvalue weighted by Crippen LogP contribution is 2.49. The summed E-state index contributed by atoms with van der Waals surface area (Å²) in [6, 6.07) is 0.185. The molecule has 1 unspecified atom stereocenters. The van der Waals surface area contributed by atoms with E-state index in [1.54, 1.807) is 0 Å². The Balaban J connectivity index is 5.72. The number of hydrogen-bond acceptors (Lipinski definition) is 2. The van der Waals surface area contributed by atoms with Crippen LogP contribution in [-0.4, -0.2) is 30.6 Å². The second-order valence-corrected chi connectivity index (χ2v) is 6.48. The molecule has 0 saturated carbocycles. The van der Waals surface area contributed by atoms with Gasteiger partial charge in [-0.2, -0.15) is 0 Å². The summed E-state index contributed by atoms with van der Waals surface area (Å²) in [5, 5.41) is 0. The van der Waals surface area contributed by atoms with Crippen LogP contribution in [0.4, 0.5) is 0 Å². The van der Waals surface area contributed by atoms with Gasteiger partial charge in [0.15, 0.2) is 0 Å². The van der Waals surface area contributed by atoms with E-state index in [9.17, 15) is 0 Å². The van der Waals surface area contributed by atoms with E-state index >= 15 is 0 Å². The molecular weight excluding hydrogens is 196 g/mol. The summed E-state index contributed by atoms with van der Waals surface area (Å²) in [4.78, 5) is 2.32. The van der Waals surface area contributed by atoms with E-state index in [4.69, 9.17) is 5.73 Å². The Hall–Kier alpha value is -0.0800. The quantitative estimate of drug-likeness (QED) is 0.784. The highest BCUT2D eigenvalue weighted by molar-refractivity contribution is 5.06. The van der Waals surface area contributed by atoms with Gasteiger partial charge in [-0.3, -0.25) is 0 Å². The van der Waals surface area contributed by atoms with E-state index < -0.39 is 0 Å². The van der Waals surface area contributed by atoms with Crippen LogP contribution in [-0.2, 0) is 0 Å². The van der Waals surface area contributed by atoms with Gasteiger partial charge in [-0.25, -0.2) is 0 Å². The maximum atomic E-state index is 6.37. The Bertz CT molecular complexity index is 193. The summed E-state index contributed by atoms with van der Waals surface area (Å²) in [6.45, 7) is 16.0. The third kappa shape index (κ3) is 2.14. The predicted molar refractivity (Wildman–Crippen MR) is 73.5 cm³/mol. The Morgan fingerprint density at radius 2 is 1.19 bits per heavy atom. The van der Waals surface area contributed by atoms with Crippen LogP contribution in [0.15, 0.2) is 0 Å². The summed E-state index contributed by atoms with van der Waals surface area (Å²) in [6.07, 6.45) is 0. The zero-order valence-corrected chi connectivity index (χ0v) is 12.8. The summed E-state index contributed by atoms with van der Waals surface area (Å²) >= 11 is 0. The summed E-state index contributed by atoms with van der Waals surface area (Å²) < 4.78 is 0. The second-order valence-electron chi connectivity index (χ2n) is 6.48. The van der Waals surface area contributed by atoms with Crippen LogP contribution in [0.2, 0.25) is 0 Å². The highest BCUT2D eigenvalue weighted by atomic mass is 15.2. The van der Waals surface area contributed by atoms with Crippen LogP contribution >= 0.6 is 0 Å². The lowest BCUT2D eigenvalue weighted by Gasteiger charge is -2.58. The fourth-order valence-corrected chi connectivity index (χ4v) is 4.08. The van der Waals surface area contributed by atoms with Gasteiger partial charge < -0.3 is 10.6 Å². The smallest absolute Gasteiger partial charge is 0.0222 e. The van der Waals surface area contributed by atoms with Gasteiger partial charge >= 0.3 is 0 Å². The van der Waals surface area contributed by atoms with Crippen molar-refractivity contribution < 1.29 is 0 Å². The maximum absolute atomic E-state index is 6.37. The molecule has 0 aliphatic carbocycles. The summed E-state index contributed by atoms with van der Waals surface area (Å²) in [5.41, 5.74) is 6.58. The number of rotatable bonds is 5. The normalized spacial score (nSPS) is 16.3. The van der Waals surface area contributed by atoms with Crippen LogP contribution in [0.5, 0.6) is 0 Å². The van der Waals surface area contributed by atoms with E-state index in [2.05, 4.69) is 67.5 Å². The molecule has 1 atom stereocenters. The predicted octanol–water partition coefficient (Wildman–Crippen LogP) is 2.97. The van der Waals surface area contributed by atoms with Gasteiger partial charge in [0.05, 0.1) is 0 Å². The van der Waals surface area contributed by atoms with Crippen molar-refractivity contribution in [1.82, 2.24) is 4.90 Å². The minimum absolute atomic E-state index is 0.0868. The summed E-state index contributed by atoms with van der Waals surface area (Å²) in [5.74, 6) is 1.12. The average Bonchev–Trinajstić information content (AvgIpc) is 2.00. The number of nitrogens with zero attached hydrogens (tertiary/aromatic N) is 1. The third-order valence-corrected chi connectivity index (χ3v) is 4.84. The molecule has 0 aromatic heterocycles. The molecule has 0 bridgehead atoms. The Labute approximate surface area is 103 Å². The zero-order chi connectivity index (χ0) is 13.3. The van der Waals surface area contributed by atoms with Crippen molar-refractivity contribution >= 4 is 0 Å². The van der Waals surface area contributed by atoms with Crippen LogP contribution < -0.4 is 5.73 Å². The van der Waals surface area contributed by atoms with Crippen molar-refractivity contribution in [2.75, 3.05) is 14.1 Å². The minimum Gasteiger partial charge on any atom is -0.327 e. The lowest BCUT2D eigenvalue weighted by atomic mass is 9.54. The third-order valence-electron chi connectivity index (χ3n) is 4.84. The van der Waals surface area contributed by atoms with Crippen molar-refractivity contribution in [3.8, 4) is 0 Å². The van der Waals surface area contributed by atoms with Crippen molar-refractivity contribution in [3.63, 3.8) is 0 Å². The molecule has 0 fully saturated rings. The first-order valence-corrected chi connectivity index (χ1v) is 6.45. The van der Waals surface area contributed by atoms with Gasteiger partial charge in [-0.05, 0) is 46.7 Å². The fraction of sp³-hybridized carbons (Fsp3) is 1.00. The van der Waals surface area contributed by atoms with Crippen molar-refractivity contribution in [1.29, 1.82) is 0 Å². The van der Waals surface area contributed by atoms with Gasteiger partial charge in [0, 0.05) is 17.0 Å². The standard InChI is InChI=1S/C14H32N2/c1-10(2)14(11(3)4,12(5)15)13(6,7)16(8)9/h10-12H,15H2,1-9H3. The molecule has 0 spiro atoms. The first kappa shape index (κ1) is 15.9. The van der Waals surface area contributed by atoms with Gasteiger partial charge in [0.2, 0.25) is 0 Å². The molecule has 0 amide bonds.